The molecule has 12 heterocycles. The van der Waals surface area contributed by atoms with Crippen LogP contribution in [0.4, 0.5) is 0 Å². The number of rotatable bonds is 6. The highest BCUT2D eigenvalue weighted by molar-refractivity contribution is 7.28. The number of fused-ring (bicyclic) bond motifs is 38. The molecule has 0 aliphatic rings. The van der Waals surface area contributed by atoms with Gasteiger partial charge in [-0.2, -0.15) is 0 Å². The zero-order chi connectivity index (χ0) is 89.8. The Hall–Kier alpha value is -16.3. The number of hydrogen-bond acceptors (Lipinski definition) is 9. The fourth-order valence-electron chi connectivity index (χ4n) is 22.9. The first-order chi connectivity index (χ1) is 68.4. The molecule has 12 heteroatoms. The smallest absolute Gasteiger partial charge is 0.145 e. The third-order valence-corrected chi connectivity index (χ3v) is 35.9. The summed E-state index contributed by atoms with van der Waals surface area (Å²) in [5.41, 5.74) is 24.0. The maximum absolute atomic E-state index is 6.53. The fourth-order valence-corrected chi connectivity index (χ4v) is 30.0. The molecule has 0 atom stereocenters. The van der Waals surface area contributed by atoms with Gasteiger partial charge in [0.25, 0.3) is 0 Å². The van der Waals surface area contributed by atoms with E-state index in [1.807, 2.05) is 86.2 Å². The van der Waals surface area contributed by atoms with E-state index in [-0.39, 0.29) is 0 Å². The van der Waals surface area contributed by atoms with Crippen molar-refractivity contribution in [3.8, 4) is 50.4 Å². The zero-order valence-corrected chi connectivity index (χ0v) is 78.3. The van der Waals surface area contributed by atoms with Gasteiger partial charge in [0.2, 0.25) is 0 Å². The molecule has 0 aliphatic heterocycles. The Kier molecular flexibility index (Phi) is 16.5. The molecule has 33 aromatic rings. The Morgan fingerprint density at radius 2 is 0.486 bits per heavy atom. The molecular formula is C126H69N3O3S6. The SMILES string of the molecule is c1ccc2c(c1)oc1c2ccc2c1c1ccccc1n2-c1ccc2sc3c(-c4cccc5sc6ccccc6c45)cccc3c2c1.c1ccc2c(c1)oc1cc3c4ccccc4n(-c4ccc5sc6c(-c7cccc8sc9ccccc9c78)cccc6c5c4)c3cc12.c1ccc2c(c1)oc1ccc3c(c4ccccc4n3-c3ccc4sc5c(-c6cccc7sc8ccccc8c67)cccc5c4c3)c12. The summed E-state index contributed by atoms with van der Waals surface area (Å²) in [5, 5.41) is 30.1. The lowest BCUT2D eigenvalue weighted by Gasteiger charge is -2.09. The maximum atomic E-state index is 6.53. The molecule has 0 fully saturated rings. The van der Waals surface area contributed by atoms with Gasteiger partial charge in [0, 0.05) is 214 Å². The van der Waals surface area contributed by atoms with Crippen molar-refractivity contribution in [2.75, 3.05) is 0 Å². The third-order valence-electron chi connectivity index (χ3n) is 28.8. The topological polar surface area (TPSA) is 54.2 Å². The lowest BCUT2D eigenvalue weighted by Crippen LogP contribution is -1.93. The number of furan rings is 3. The monoisotopic (exact) mass is 1860 g/mol. The molecule has 0 aliphatic carbocycles. The van der Waals surface area contributed by atoms with Gasteiger partial charge in [-0.15, -0.1) is 68.0 Å². The van der Waals surface area contributed by atoms with Crippen LogP contribution in [0.25, 0.3) is 303 Å². The van der Waals surface area contributed by atoms with Crippen molar-refractivity contribution in [1.82, 2.24) is 13.7 Å². The number of para-hydroxylation sites is 6. The van der Waals surface area contributed by atoms with Gasteiger partial charge < -0.3 is 27.0 Å². The molecule has 12 aromatic heterocycles. The molecule has 0 saturated heterocycles. The molecule has 21 aromatic carbocycles. The van der Waals surface area contributed by atoms with Gasteiger partial charge in [0.1, 0.15) is 33.5 Å². The van der Waals surface area contributed by atoms with Crippen molar-refractivity contribution < 1.29 is 13.3 Å². The summed E-state index contributed by atoms with van der Waals surface area (Å²) < 4.78 is 42.4. The second-order valence-electron chi connectivity index (χ2n) is 36.1. The lowest BCUT2D eigenvalue weighted by atomic mass is 9.98. The van der Waals surface area contributed by atoms with Crippen LogP contribution in [-0.2, 0) is 0 Å². The van der Waals surface area contributed by atoms with Crippen molar-refractivity contribution in [3.05, 3.63) is 419 Å². The number of thiophene rings is 6. The summed E-state index contributed by atoms with van der Waals surface area (Å²) in [5.74, 6) is 0. The van der Waals surface area contributed by atoms with E-state index in [1.165, 1.54) is 226 Å². The minimum atomic E-state index is 0.925. The van der Waals surface area contributed by atoms with E-state index in [0.717, 1.165) is 77.0 Å². The minimum absolute atomic E-state index is 0.925. The van der Waals surface area contributed by atoms with Crippen molar-refractivity contribution in [2.45, 2.75) is 0 Å². The van der Waals surface area contributed by atoms with Gasteiger partial charge in [-0.1, -0.05) is 255 Å². The summed E-state index contributed by atoms with van der Waals surface area (Å²) in [6, 6.07) is 153. The first kappa shape index (κ1) is 77.1. The Bertz CT molecular complexity index is 10900. The van der Waals surface area contributed by atoms with Gasteiger partial charge in [-0.3, -0.25) is 0 Å². The predicted molar refractivity (Wildman–Crippen MR) is 598 cm³/mol. The number of hydrogen-bond donors (Lipinski definition) is 0. The highest BCUT2D eigenvalue weighted by Gasteiger charge is 2.27. The van der Waals surface area contributed by atoms with Crippen LogP contribution in [0.5, 0.6) is 0 Å². The second kappa shape index (κ2) is 29.6. The van der Waals surface area contributed by atoms with Crippen LogP contribution < -0.4 is 0 Å². The largest absolute Gasteiger partial charge is 0.456 e. The summed E-state index contributed by atoms with van der Waals surface area (Å²) in [7, 11) is 0. The second-order valence-corrected chi connectivity index (χ2v) is 42.5. The molecule has 33 rings (SSSR count). The van der Waals surface area contributed by atoms with Crippen LogP contribution in [0, 0.1) is 0 Å². The lowest BCUT2D eigenvalue weighted by molar-refractivity contribution is 0.669. The molecule has 6 nitrogen and oxygen atoms in total. The Labute approximate surface area is 809 Å². The van der Waals surface area contributed by atoms with Crippen molar-refractivity contribution >= 4 is 320 Å². The molecule has 0 N–H and O–H groups in total. The highest BCUT2D eigenvalue weighted by atomic mass is 32.1. The van der Waals surface area contributed by atoms with E-state index in [1.54, 1.807) is 0 Å². The summed E-state index contributed by atoms with van der Waals surface area (Å²) in [6.07, 6.45) is 0. The maximum Gasteiger partial charge on any atom is 0.145 e. The fraction of sp³-hybridized carbons (Fsp3) is 0. The molecule has 138 heavy (non-hydrogen) atoms. The first-order valence-corrected chi connectivity index (χ1v) is 51.4. The Morgan fingerprint density at radius 3 is 0.978 bits per heavy atom. The van der Waals surface area contributed by atoms with Crippen LogP contribution in [-0.4, -0.2) is 13.7 Å². The summed E-state index contributed by atoms with van der Waals surface area (Å²) in [6.45, 7) is 0. The molecular weight excluding hydrogens is 1800 g/mol. The molecule has 0 unspecified atom stereocenters. The quantitative estimate of drug-likeness (QED) is 0.167. The van der Waals surface area contributed by atoms with Gasteiger partial charge in [-0.05, 0) is 180 Å². The first-order valence-electron chi connectivity index (χ1n) is 46.5. The molecule has 0 saturated carbocycles. The third kappa shape index (κ3) is 11.2. The highest BCUT2D eigenvalue weighted by Crippen LogP contribution is 2.54. The van der Waals surface area contributed by atoms with Gasteiger partial charge >= 0.3 is 0 Å². The van der Waals surface area contributed by atoms with Crippen LogP contribution >= 0.6 is 68.0 Å². The zero-order valence-electron chi connectivity index (χ0n) is 73.4. The number of benzene rings is 21. The molecule has 0 spiro atoms. The molecule has 0 amide bonds. The van der Waals surface area contributed by atoms with E-state index >= 15 is 0 Å². The van der Waals surface area contributed by atoms with E-state index in [9.17, 15) is 0 Å². The minimum Gasteiger partial charge on any atom is -0.456 e. The number of nitrogens with zero attached hydrogens (tertiary/aromatic N) is 3. The summed E-state index contributed by atoms with van der Waals surface area (Å²) >= 11 is 11.3. The van der Waals surface area contributed by atoms with Crippen LogP contribution in [0.1, 0.15) is 0 Å². The van der Waals surface area contributed by atoms with Crippen LogP contribution in [0.2, 0.25) is 0 Å². The molecule has 0 radical (unpaired) electrons. The molecule has 0 bridgehead atoms. The van der Waals surface area contributed by atoms with Gasteiger partial charge in [0.15, 0.2) is 0 Å². The number of aromatic nitrogens is 3. The van der Waals surface area contributed by atoms with Gasteiger partial charge in [0.05, 0.1) is 38.5 Å². The molecule has 642 valence electrons. The van der Waals surface area contributed by atoms with Gasteiger partial charge in [-0.25, -0.2) is 0 Å². The van der Waals surface area contributed by atoms with Crippen molar-refractivity contribution in [3.63, 3.8) is 0 Å². The Morgan fingerprint density at radius 1 is 0.145 bits per heavy atom. The standard InChI is InChI=1S/3C42H23NOS2/c1-4-15-33-30(10-1)40-34(21-20-27-25-9-2-5-16-35(25)44-41(27)40)43(33)24-19-22-37-32(23-24)29-14-7-13-28(42(29)46-37)26-12-8-18-38-39(26)31-11-3-6-17-36(31)45-38;1-4-15-32-28(9-1)40-33(20-21-35-41(40)29-10-2-5-16-34(29)44-35)43(32)24-19-22-37-31(23-24)27-14-7-13-26(42(27)46-37)25-12-8-18-38-39(25)30-11-3-6-17-36(30)45-38;1-4-15-34-25(9-1)31-23-37-32(26-10-2-5-16-36(26)44-37)22-35(31)43(34)24-19-20-39-33(21-24)29-14-7-13-28(42(29)46-39)27-12-8-18-40-41(27)30-11-3-6-17-38(30)45-40/h3*1-23H. The van der Waals surface area contributed by atoms with Crippen molar-refractivity contribution in [2.24, 2.45) is 0 Å². The van der Waals surface area contributed by atoms with E-state index < -0.39 is 0 Å². The van der Waals surface area contributed by atoms with E-state index in [4.69, 9.17) is 13.3 Å². The predicted octanol–water partition coefficient (Wildman–Crippen LogP) is 39.3. The van der Waals surface area contributed by atoms with Crippen molar-refractivity contribution in [1.29, 1.82) is 0 Å². The summed E-state index contributed by atoms with van der Waals surface area (Å²) in [4.78, 5) is 0. The Balaban J connectivity index is 0.0000000959. The van der Waals surface area contributed by atoms with E-state index in [0.29, 0.717) is 0 Å². The average Bonchev–Trinajstić information content (AvgIpc) is 1.56. The van der Waals surface area contributed by atoms with Crippen LogP contribution in [0.15, 0.2) is 432 Å². The normalized spacial score (nSPS) is 12.3. The van der Waals surface area contributed by atoms with E-state index in [2.05, 4.69) is 414 Å². The van der Waals surface area contributed by atoms with Crippen LogP contribution in [0.3, 0.4) is 0 Å². The average molecular weight is 1870 g/mol.